The molecule has 0 aromatic heterocycles. The molecule has 1 aliphatic heterocycles. The summed E-state index contributed by atoms with van der Waals surface area (Å²) in [6.45, 7) is 3.77. The normalized spacial score (nSPS) is 35.4. The van der Waals surface area contributed by atoms with E-state index < -0.39 is 0 Å². The van der Waals surface area contributed by atoms with Gasteiger partial charge in [-0.25, -0.2) is 4.79 Å². The molecule has 2 amide bonds. The average molecular weight is 197 g/mol. The smallest absolute Gasteiger partial charge is 0.314 e. The summed E-state index contributed by atoms with van der Waals surface area (Å²) in [5, 5.41) is 9.29. The van der Waals surface area contributed by atoms with Crippen molar-refractivity contribution in [2.75, 3.05) is 13.1 Å². The van der Waals surface area contributed by atoms with Gasteiger partial charge in [-0.15, -0.1) is 0 Å². The zero-order chi connectivity index (χ0) is 9.97. The van der Waals surface area contributed by atoms with Crippen molar-refractivity contribution in [3.8, 4) is 0 Å². The van der Waals surface area contributed by atoms with Crippen LogP contribution in [0.25, 0.3) is 0 Å². The lowest BCUT2D eigenvalue weighted by molar-refractivity contribution is 0.229. The molecule has 14 heavy (non-hydrogen) atoms. The van der Waals surface area contributed by atoms with Crippen LogP contribution in [0.1, 0.15) is 26.2 Å². The fourth-order valence-electron chi connectivity index (χ4n) is 2.62. The van der Waals surface area contributed by atoms with Crippen molar-refractivity contribution in [2.45, 2.75) is 38.3 Å². The molecule has 2 aliphatic rings. The van der Waals surface area contributed by atoms with Gasteiger partial charge >= 0.3 is 6.03 Å². The highest BCUT2D eigenvalue weighted by molar-refractivity contribution is 5.74. The lowest BCUT2D eigenvalue weighted by atomic mass is 9.87. The van der Waals surface area contributed by atoms with Crippen molar-refractivity contribution in [3.05, 3.63) is 0 Å². The standard InChI is InChI=1S/C10H19N3O/c1-2-11-10(14)13-9-4-7-3-8(5-9)12-6-7/h7-9,12H,2-6H2,1H3,(H2,11,13,14). The molecule has 2 bridgehead atoms. The molecule has 1 saturated heterocycles. The van der Waals surface area contributed by atoms with Crippen LogP contribution in [-0.2, 0) is 0 Å². The van der Waals surface area contributed by atoms with E-state index in [-0.39, 0.29) is 6.03 Å². The van der Waals surface area contributed by atoms with E-state index in [0.717, 1.165) is 25.3 Å². The molecule has 1 heterocycles. The number of hydrogen-bond acceptors (Lipinski definition) is 2. The van der Waals surface area contributed by atoms with Gasteiger partial charge in [0.25, 0.3) is 0 Å². The molecule has 4 heteroatoms. The van der Waals surface area contributed by atoms with Gasteiger partial charge in [-0.3, -0.25) is 0 Å². The Labute approximate surface area is 84.8 Å². The Morgan fingerprint density at radius 1 is 1.43 bits per heavy atom. The minimum Gasteiger partial charge on any atom is -0.338 e. The molecule has 3 atom stereocenters. The quantitative estimate of drug-likeness (QED) is 0.602. The number of rotatable bonds is 2. The number of fused-ring (bicyclic) bond motifs is 2. The van der Waals surface area contributed by atoms with Crippen LogP contribution < -0.4 is 16.0 Å². The molecule has 0 radical (unpaired) electrons. The number of urea groups is 1. The van der Waals surface area contributed by atoms with E-state index in [2.05, 4.69) is 16.0 Å². The van der Waals surface area contributed by atoms with Gasteiger partial charge in [-0.1, -0.05) is 0 Å². The molecule has 1 aliphatic carbocycles. The molecule has 4 nitrogen and oxygen atoms in total. The molecule has 0 aromatic carbocycles. The van der Waals surface area contributed by atoms with Gasteiger partial charge in [0.1, 0.15) is 0 Å². The predicted octanol–water partition coefficient (Wildman–Crippen LogP) is 0.446. The van der Waals surface area contributed by atoms with E-state index in [1.165, 1.54) is 6.42 Å². The van der Waals surface area contributed by atoms with Crippen LogP contribution in [0.2, 0.25) is 0 Å². The first kappa shape index (κ1) is 9.77. The van der Waals surface area contributed by atoms with Gasteiger partial charge < -0.3 is 16.0 Å². The van der Waals surface area contributed by atoms with Crippen molar-refractivity contribution < 1.29 is 4.79 Å². The summed E-state index contributed by atoms with van der Waals surface area (Å²) in [6, 6.07) is 1.000. The topological polar surface area (TPSA) is 53.2 Å². The third kappa shape index (κ3) is 2.18. The van der Waals surface area contributed by atoms with Crippen molar-refractivity contribution in [1.82, 2.24) is 16.0 Å². The number of hydrogen-bond donors (Lipinski definition) is 3. The zero-order valence-electron chi connectivity index (χ0n) is 8.68. The SMILES string of the molecule is CCNC(=O)NC1CC2CNC(C2)C1. The fraction of sp³-hybridized carbons (Fsp3) is 0.900. The summed E-state index contributed by atoms with van der Waals surface area (Å²) in [4.78, 5) is 11.3. The summed E-state index contributed by atoms with van der Waals surface area (Å²) >= 11 is 0. The monoisotopic (exact) mass is 197 g/mol. The third-order valence-electron chi connectivity index (χ3n) is 3.17. The molecular formula is C10H19N3O. The lowest BCUT2D eigenvalue weighted by Gasteiger charge is -2.27. The first-order valence-electron chi connectivity index (χ1n) is 5.55. The Balaban J connectivity index is 1.79. The predicted molar refractivity (Wildman–Crippen MR) is 55.1 cm³/mol. The first-order valence-corrected chi connectivity index (χ1v) is 5.55. The maximum Gasteiger partial charge on any atom is 0.314 e. The largest absolute Gasteiger partial charge is 0.338 e. The molecule has 3 unspecified atom stereocenters. The Bertz CT molecular complexity index is 207. The first-order chi connectivity index (χ1) is 6.78. The minimum atomic E-state index is -0.0150. The Kier molecular flexibility index (Phi) is 2.91. The van der Waals surface area contributed by atoms with Crippen LogP contribution >= 0.6 is 0 Å². The van der Waals surface area contributed by atoms with Crippen LogP contribution in [0.5, 0.6) is 0 Å². The number of carbonyl (C=O) groups is 1. The Morgan fingerprint density at radius 2 is 2.29 bits per heavy atom. The van der Waals surface area contributed by atoms with Gasteiger partial charge in [0.2, 0.25) is 0 Å². The van der Waals surface area contributed by atoms with Crippen molar-refractivity contribution in [1.29, 1.82) is 0 Å². The van der Waals surface area contributed by atoms with Gasteiger partial charge in [0.15, 0.2) is 0 Å². The fourth-order valence-corrected chi connectivity index (χ4v) is 2.62. The second-order valence-electron chi connectivity index (χ2n) is 4.38. The van der Waals surface area contributed by atoms with Gasteiger partial charge in [-0.05, 0) is 38.6 Å². The summed E-state index contributed by atoms with van der Waals surface area (Å²) < 4.78 is 0. The summed E-state index contributed by atoms with van der Waals surface area (Å²) in [7, 11) is 0. The number of amides is 2. The molecule has 3 N–H and O–H groups in total. The zero-order valence-corrected chi connectivity index (χ0v) is 8.68. The highest BCUT2D eigenvalue weighted by Gasteiger charge is 2.34. The maximum atomic E-state index is 11.3. The van der Waals surface area contributed by atoms with Crippen LogP contribution in [0, 0.1) is 5.92 Å². The molecule has 0 spiro atoms. The highest BCUT2D eigenvalue weighted by atomic mass is 16.2. The Hall–Kier alpha value is -0.770. The Morgan fingerprint density at radius 3 is 3.00 bits per heavy atom. The van der Waals surface area contributed by atoms with Crippen LogP contribution in [-0.4, -0.2) is 31.2 Å². The molecule has 0 aromatic rings. The molecule has 1 saturated carbocycles. The van der Waals surface area contributed by atoms with Crippen molar-refractivity contribution >= 4 is 6.03 Å². The van der Waals surface area contributed by atoms with Gasteiger partial charge in [0, 0.05) is 18.6 Å². The van der Waals surface area contributed by atoms with E-state index >= 15 is 0 Å². The third-order valence-corrected chi connectivity index (χ3v) is 3.17. The van der Waals surface area contributed by atoms with E-state index in [1.807, 2.05) is 6.92 Å². The minimum absolute atomic E-state index is 0.0150. The van der Waals surface area contributed by atoms with Crippen molar-refractivity contribution in [2.24, 2.45) is 5.92 Å². The highest BCUT2D eigenvalue weighted by Crippen LogP contribution is 2.29. The average Bonchev–Trinajstić information content (AvgIpc) is 2.46. The van der Waals surface area contributed by atoms with E-state index in [9.17, 15) is 4.79 Å². The van der Waals surface area contributed by atoms with E-state index in [4.69, 9.17) is 0 Å². The molecule has 2 rings (SSSR count). The van der Waals surface area contributed by atoms with Crippen molar-refractivity contribution in [3.63, 3.8) is 0 Å². The second-order valence-corrected chi connectivity index (χ2v) is 4.38. The number of carbonyl (C=O) groups excluding carboxylic acids is 1. The lowest BCUT2D eigenvalue weighted by Crippen LogP contribution is -2.45. The van der Waals surface area contributed by atoms with E-state index in [1.54, 1.807) is 0 Å². The molecule has 80 valence electrons. The maximum absolute atomic E-state index is 11.3. The van der Waals surface area contributed by atoms with Crippen LogP contribution in [0.15, 0.2) is 0 Å². The molecular weight excluding hydrogens is 178 g/mol. The van der Waals surface area contributed by atoms with Crippen LogP contribution in [0.4, 0.5) is 4.79 Å². The summed E-state index contributed by atoms with van der Waals surface area (Å²) in [5.41, 5.74) is 0. The van der Waals surface area contributed by atoms with E-state index in [0.29, 0.717) is 18.6 Å². The van der Waals surface area contributed by atoms with Gasteiger partial charge in [0.05, 0.1) is 0 Å². The van der Waals surface area contributed by atoms with Crippen LogP contribution in [0.3, 0.4) is 0 Å². The van der Waals surface area contributed by atoms with Gasteiger partial charge in [-0.2, -0.15) is 0 Å². The number of nitrogens with one attached hydrogen (secondary N) is 3. The summed E-state index contributed by atoms with van der Waals surface area (Å²) in [5.74, 6) is 0.778. The second kappa shape index (κ2) is 4.17. The molecule has 2 fully saturated rings. The summed E-state index contributed by atoms with van der Waals surface area (Å²) in [6.07, 6.45) is 3.53.